The zero-order valence-electron chi connectivity index (χ0n) is 9.32. The van der Waals surface area contributed by atoms with Crippen molar-refractivity contribution >= 4 is 11.6 Å². The van der Waals surface area contributed by atoms with Crippen molar-refractivity contribution in [1.82, 2.24) is 4.98 Å². The third kappa shape index (κ3) is 5.30. The highest BCUT2D eigenvalue weighted by Crippen LogP contribution is 2.08. The number of rotatable bonds is 8. The molecule has 0 saturated carbocycles. The first kappa shape index (κ1) is 13.2. The number of nitrogens with zero attached hydrogens (tertiary/aromatic N) is 1. The summed E-state index contributed by atoms with van der Waals surface area (Å²) in [7, 11) is 1.64. The number of halogens is 1. The number of pyridine rings is 1. The van der Waals surface area contributed by atoms with Crippen molar-refractivity contribution < 1.29 is 14.2 Å². The summed E-state index contributed by atoms with van der Waals surface area (Å²) in [6.45, 7) is 2.17. The third-order valence-corrected chi connectivity index (χ3v) is 2.10. The summed E-state index contributed by atoms with van der Waals surface area (Å²) in [6.07, 6.45) is 0. The topological polar surface area (TPSA) is 40.6 Å². The third-order valence-electron chi connectivity index (χ3n) is 1.83. The molecular formula is C11H16ClNO3. The van der Waals surface area contributed by atoms with Gasteiger partial charge in [-0.2, -0.15) is 0 Å². The summed E-state index contributed by atoms with van der Waals surface area (Å²) in [6, 6.07) is 5.52. The largest absolute Gasteiger partial charge is 0.475 e. The maximum atomic E-state index is 5.66. The van der Waals surface area contributed by atoms with Crippen LogP contribution in [0.3, 0.4) is 0 Å². The minimum absolute atomic E-state index is 0.390. The van der Waals surface area contributed by atoms with Crippen molar-refractivity contribution in [2.24, 2.45) is 0 Å². The van der Waals surface area contributed by atoms with E-state index >= 15 is 0 Å². The van der Waals surface area contributed by atoms with Crippen LogP contribution < -0.4 is 4.74 Å². The smallest absolute Gasteiger partial charge is 0.213 e. The fourth-order valence-corrected chi connectivity index (χ4v) is 1.21. The van der Waals surface area contributed by atoms with E-state index in [1.807, 2.05) is 12.1 Å². The van der Waals surface area contributed by atoms with E-state index in [-0.39, 0.29) is 0 Å². The van der Waals surface area contributed by atoms with E-state index in [4.69, 9.17) is 25.8 Å². The molecule has 0 spiro atoms. The molecular weight excluding hydrogens is 230 g/mol. The quantitative estimate of drug-likeness (QED) is 0.518. The van der Waals surface area contributed by atoms with E-state index in [2.05, 4.69) is 4.98 Å². The highest BCUT2D eigenvalue weighted by Gasteiger charge is 1.97. The van der Waals surface area contributed by atoms with E-state index in [0.717, 1.165) is 5.69 Å². The van der Waals surface area contributed by atoms with Crippen molar-refractivity contribution in [3.05, 3.63) is 23.9 Å². The Morgan fingerprint density at radius 2 is 2.00 bits per heavy atom. The van der Waals surface area contributed by atoms with Gasteiger partial charge in [0.1, 0.15) is 6.61 Å². The monoisotopic (exact) mass is 245 g/mol. The minimum Gasteiger partial charge on any atom is -0.475 e. The molecule has 0 radical (unpaired) electrons. The minimum atomic E-state index is 0.390. The van der Waals surface area contributed by atoms with Crippen LogP contribution in [0.4, 0.5) is 0 Å². The number of hydrogen-bond acceptors (Lipinski definition) is 4. The number of hydrogen-bond donors (Lipinski definition) is 0. The zero-order chi connectivity index (χ0) is 11.6. The molecule has 1 rings (SSSR count). The Morgan fingerprint density at radius 1 is 1.19 bits per heavy atom. The number of methoxy groups -OCH3 is 1. The predicted octanol–water partition coefficient (Wildman–Crippen LogP) is 1.86. The fourth-order valence-electron chi connectivity index (χ4n) is 1.06. The van der Waals surface area contributed by atoms with Gasteiger partial charge in [0.25, 0.3) is 0 Å². The van der Waals surface area contributed by atoms with E-state index in [1.165, 1.54) is 0 Å². The molecule has 0 amide bonds. The zero-order valence-corrected chi connectivity index (χ0v) is 10.1. The lowest BCUT2D eigenvalue weighted by Crippen LogP contribution is -2.10. The van der Waals surface area contributed by atoms with Gasteiger partial charge in [-0.25, -0.2) is 4.98 Å². The Bertz CT molecular complexity index is 296. The van der Waals surface area contributed by atoms with Crippen LogP contribution in [0.5, 0.6) is 5.88 Å². The van der Waals surface area contributed by atoms with Gasteiger partial charge in [-0.1, -0.05) is 6.07 Å². The molecule has 0 N–H and O–H groups in total. The summed E-state index contributed by atoms with van der Waals surface area (Å²) in [5.41, 5.74) is 0.805. The van der Waals surface area contributed by atoms with Gasteiger partial charge in [0.05, 0.1) is 31.4 Å². The Kier molecular flexibility index (Phi) is 6.88. The summed E-state index contributed by atoms with van der Waals surface area (Å²) >= 11 is 5.66. The molecule has 0 aliphatic carbocycles. The van der Waals surface area contributed by atoms with Gasteiger partial charge in [-0.15, -0.1) is 11.6 Å². The Morgan fingerprint density at radius 3 is 2.75 bits per heavy atom. The van der Waals surface area contributed by atoms with Crippen molar-refractivity contribution in [2.75, 3.05) is 33.5 Å². The maximum Gasteiger partial charge on any atom is 0.213 e. The summed E-state index contributed by atoms with van der Waals surface area (Å²) < 4.78 is 15.5. The Hall–Kier alpha value is -0.840. The second-order valence-electron chi connectivity index (χ2n) is 3.05. The highest BCUT2D eigenvalue weighted by molar-refractivity contribution is 6.16. The van der Waals surface area contributed by atoms with Gasteiger partial charge in [0, 0.05) is 13.2 Å². The van der Waals surface area contributed by atoms with Gasteiger partial charge < -0.3 is 14.2 Å². The SMILES string of the molecule is COCCOCCOc1cccc(CCl)n1. The number of aromatic nitrogens is 1. The molecule has 1 aromatic heterocycles. The molecule has 0 unspecified atom stereocenters. The molecule has 0 aliphatic heterocycles. The van der Waals surface area contributed by atoms with Crippen LogP contribution in [0.15, 0.2) is 18.2 Å². The number of ether oxygens (including phenoxy) is 3. The van der Waals surface area contributed by atoms with E-state index in [9.17, 15) is 0 Å². The highest BCUT2D eigenvalue weighted by atomic mass is 35.5. The molecule has 0 aliphatic rings. The van der Waals surface area contributed by atoms with Gasteiger partial charge in [-0.05, 0) is 6.07 Å². The van der Waals surface area contributed by atoms with Gasteiger partial charge in [0.15, 0.2) is 0 Å². The summed E-state index contributed by atoms with van der Waals surface area (Å²) in [4.78, 5) is 4.19. The lowest BCUT2D eigenvalue weighted by atomic mass is 10.4. The maximum absolute atomic E-state index is 5.66. The van der Waals surface area contributed by atoms with Crippen molar-refractivity contribution in [3.63, 3.8) is 0 Å². The van der Waals surface area contributed by atoms with Crippen LogP contribution in [-0.4, -0.2) is 38.5 Å². The molecule has 0 bridgehead atoms. The van der Waals surface area contributed by atoms with E-state index in [1.54, 1.807) is 13.2 Å². The molecule has 90 valence electrons. The fraction of sp³-hybridized carbons (Fsp3) is 0.545. The summed E-state index contributed by atoms with van der Waals surface area (Å²) in [5.74, 6) is 0.968. The van der Waals surface area contributed by atoms with Gasteiger partial charge >= 0.3 is 0 Å². The standard InChI is InChI=1S/C11H16ClNO3/c1-14-5-6-15-7-8-16-11-4-2-3-10(9-12)13-11/h2-4H,5-9H2,1H3. The molecule has 4 nitrogen and oxygen atoms in total. The molecule has 0 saturated heterocycles. The van der Waals surface area contributed by atoms with Gasteiger partial charge in [0.2, 0.25) is 5.88 Å². The van der Waals surface area contributed by atoms with Crippen molar-refractivity contribution in [3.8, 4) is 5.88 Å². The Balaban J connectivity index is 2.16. The second-order valence-corrected chi connectivity index (χ2v) is 3.32. The lowest BCUT2D eigenvalue weighted by molar-refractivity contribution is 0.0536. The van der Waals surface area contributed by atoms with Crippen LogP contribution in [0, 0.1) is 0 Å². The van der Waals surface area contributed by atoms with Crippen LogP contribution in [0.2, 0.25) is 0 Å². The lowest BCUT2D eigenvalue weighted by Gasteiger charge is -2.06. The van der Waals surface area contributed by atoms with Crippen LogP contribution in [0.1, 0.15) is 5.69 Å². The van der Waals surface area contributed by atoms with Crippen LogP contribution >= 0.6 is 11.6 Å². The first-order valence-corrected chi connectivity index (χ1v) is 5.61. The molecule has 0 aromatic carbocycles. The second kappa shape index (κ2) is 8.33. The van der Waals surface area contributed by atoms with Crippen molar-refractivity contribution in [2.45, 2.75) is 5.88 Å². The number of alkyl halides is 1. The molecule has 0 fully saturated rings. The first-order valence-electron chi connectivity index (χ1n) is 5.08. The predicted molar refractivity (Wildman–Crippen MR) is 62.0 cm³/mol. The van der Waals surface area contributed by atoms with E-state index < -0.39 is 0 Å². The Labute approximate surface area is 100 Å². The van der Waals surface area contributed by atoms with Crippen molar-refractivity contribution in [1.29, 1.82) is 0 Å². The van der Waals surface area contributed by atoms with Gasteiger partial charge in [-0.3, -0.25) is 0 Å². The first-order chi connectivity index (χ1) is 7.86. The van der Waals surface area contributed by atoms with E-state index in [0.29, 0.717) is 38.2 Å². The van der Waals surface area contributed by atoms with Crippen LogP contribution in [0.25, 0.3) is 0 Å². The molecule has 1 heterocycles. The molecule has 5 heteroatoms. The van der Waals surface area contributed by atoms with Crippen LogP contribution in [-0.2, 0) is 15.4 Å². The molecule has 1 aromatic rings. The normalized spacial score (nSPS) is 10.4. The average Bonchev–Trinajstić information content (AvgIpc) is 2.34. The molecule has 16 heavy (non-hydrogen) atoms. The average molecular weight is 246 g/mol. The summed E-state index contributed by atoms with van der Waals surface area (Å²) in [5, 5.41) is 0. The molecule has 0 atom stereocenters.